The molecule has 0 heterocycles. The fourth-order valence-corrected chi connectivity index (χ4v) is 4.12. The van der Waals surface area contributed by atoms with E-state index in [9.17, 15) is 13.2 Å². The summed E-state index contributed by atoms with van der Waals surface area (Å²) in [6.07, 6.45) is 0. The van der Waals surface area contributed by atoms with E-state index in [-0.39, 0.29) is 11.4 Å². The van der Waals surface area contributed by atoms with Gasteiger partial charge < -0.3 is 5.11 Å². The third-order valence-electron chi connectivity index (χ3n) is 2.53. The molecule has 0 saturated carbocycles. The zero-order valence-electron chi connectivity index (χ0n) is 10.3. The van der Waals surface area contributed by atoms with Crippen LogP contribution in [0, 0.1) is 5.92 Å². The maximum Gasteiger partial charge on any atom is 0.307 e. The van der Waals surface area contributed by atoms with Crippen molar-refractivity contribution in [1.29, 1.82) is 0 Å². The van der Waals surface area contributed by atoms with Crippen molar-refractivity contribution in [1.82, 2.24) is 4.31 Å². The number of carboxylic acid groups (broad SMARTS) is 1. The Morgan fingerprint density at radius 2 is 2.00 bits per heavy atom. The van der Waals surface area contributed by atoms with Crippen molar-refractivity contribution in [2.75, 3.05) is 13.6 Å². The van der Waals surface area contributed by atoms with Gasteiger partial charge in [-0.25, -0.2) is 12.7 Å². The molecule has 19 heavy (non-hydrogen) atoms. The number of nitrogens with zero attached hydrogens (tertiary/aromatic N) is 1. The molecule has 0 aromatic heterocycles. The van der Waals surface area contributed by atoms with Crippen molar-refractivity contribution in [3.63, 3.8) is 0 Å². The lowest BCUT2D eigenvalue weighted by atomic mass is 10.2. The second-order valence-electron chi connectivity index (χ2n) is 4.10. The van der Waals surface area contributed by atoms with Crippen LogP contribution in [0.1, 0.15) is 6.92 Å². The fourth-order valence-electron chi connectivity index (χ4n) is 1.40. The lowest BCUT2D eigenvalue weighted by Gasteiger charge is -2.20. The summed E-state index contributed by atoms with van der Waals surface area (Å²) in [6.45, 7) is 1.38. The summed E-state index contributed by atoms with van der Waals surface area (Å²) in [5, 5.41) is 8.83. The van der Waals surface area contributed by atoms with E-state index in [4.69, 9.17) is 5.11 Å². The molecule has 1 aromatic rings. The first-order valence-corrected chi connectivity index (χ1v) is 8.33. The number of sulfonamides is 1. The second-order valence-corrected chi connectivity index (χ2v) is 7.88. The zero-order chi connectivity index (χ0) is 14.8. The van der Waals surface area contributed by atoms with Gasteiger partial charge in [-0.2, -0.15) is 0 Å². The highest BCUT2D eigenvalue weighted by Crippen LogP contribution is 2.28. The third kappa shape index (κ3) is 4.01. The van der Waals surface area contributed by atoms with Crippen LogP contribution in [-0.2, 0) is 14.8 Å². The Morgan fingerprint density at radius 3 is 2.53 bits per heavy atom. The number of aliphatic carboxylic acids is 1. The van der Waals surface area contributed by atoms with Gasteiger partial charge in [0.05, 0.1) is 10.8 Å². The van der Waals surface area contributed by atoms with Crippen LogP contribution in [0.25, 0.3) is 0 Å². The van der Waals surface area contributed by atoms with Gasteiger partial charge in [0.25, 0.3) is 0 Å². The molecule has 0 spiro atoms. The van der Waals surface area contributed by atoms with Crippen LogP contribution in [-0.4, -0.2) is 37.4 Å². The smallest absolute Gasteiger partial charge is 0.307 e. The van der Waals surface area contributed by atoms with Gasteiger partial charge >= 0.3 is 5.97 Å². The first-order valence-electron chi connectivity index (χ1n) is 5.30. The molecular weight excluding hydrogens is 402 g/mol. The minimum atomic E-state index is -3.73. The van der Waals surface area contributed by atoms with Gasteiger partial charge in [0, 0.05) is 22.5 Å². The van der Waals surface area contributed by atoms with E-state index in [0.717, 1.165) is 4.31 Å². The minimum Gasteiger partial charge on any atom is -0.481 e. The summed E-state index contributed by atoms with van der Waals surface area (Å²) in [7, 11) is -2.36. The number of carboxylic acids is 1. The lowest BCUT2D eigenvalue weighted by molar-refractivity contribution is -0.141. The third-order valence-corrected chi connectivity index (χ3v) is 5.84. The molecule has 0 amide bonds. The topological polar surface area (TPSA) is 74.7 Å². The molecule has 8 heteroatoms. The largest absolute Gasteiger partial charge is 0.481 e. The molecule has 0 bridgehead atoms. The van der Waals surface area contributed by atoms with Crippen LogP contribution in [0.4, 0.5) is 0 Å². The summed E-state index contributed by atoms with van der Waals surface area (Å²) >= 11 is 6.40. The molecule has 0 aliphatic rings. The average Bonchev–Trinajstić information content (AvgIpc) is 2.31. The van der Waals surface area contributed by atoms with Gasteiger partial charge in [0.15, 0.2) is 0 Å². The van der Waals surface area contributed by atoms with Gasteiger partial charge in [0.1, 0.15) is 0 Å². The normalized spacial score (nSPS) is 13.5. The van der Waals surface area contributed by atoms with Crippen LogP contribution in [0.5, 0.6) is 0 Å². The van der Waals surface area contributed by atoms with Crippen LogP contribution in [0.3, 0.4) is 0 Å². The van der Waals surface area contributed by atoms with Gasteiger partial charge in [0.2, 0.25) is 10.0 Å². The molecule has 106 valence electrons. The fraction of sp³-hybridized carbons (Fsp3) is 0.364. The van der Waals surface area contributed by atoms with Crippen LogP contribution >= 0.6 is 31.9 Å². The van der Waals surface area contributed by atoms with Crippen molar-refractivity contribution in [2.45, 2.75) is 11.8 Å². The zero-order valence-corrected chi connectivity index (χ0v) is 14.3. The molecule has 1 atom stereocenters. The number of halogens is 2. The van der Waals surface area contributed by atoms with Crippen LogP contribution < -0.4 is 0 Å². The number of hydrogen-bond acceptors (Lipinski definition) is 3. The lowest BCUT2D eigenvalue weighted by Crippen LogP contribution is -2.33. The summed E-state index contributed by atoms with van der Waals surface area (Å²) in [4.78, 5) is 10.9. The Balaban J connectivity index is 3.10. The Hall–Kier alpha value is -0.440. The van der Waals surface area contributed by atoms with Gasteiger partial charge in [-0.15, -0.1) is 0 Å². The van der Waals surface area contributed by atoms with Crippen molar-refractivity contribution in [3.05, 3.63) is 27.1 Å². The SMILES string of the molecule is CC(CN(C)S(=O)(=O)c1cc(Br)ccc1Br)C(=O)O. The van der Waals surface area contributed by atoms with Crippen molar-refractivity contribution >= 4 is 47.9 Å². The number of rotatable bonds is 5. The molecule has 1 unspecified atom stereocenters. The molecule has 0 fully saturated rings. The van der Waals surface area contributed by atoms with Gasteiger partial charge in [-0.3, -0.25) is 4.79 Å². The van der Waals surface area contributed by atoms with E-state index in [1.165, 1.54) is 20.0 Å². The Labute approximate surface area is 128 Å². The number of benzene rings is 1. The van der Waals surface area contributed by atoms with Gasteiger partial charge in [-0.1, -0.05) is 22.9 Å². The molecule has 1 rings (SSSR count). The average molecular weight is 415 g/mol. The molecule has 1 aromatic carbocycles. The summed E-state index contributed by atoms with van der Waals surface area (Å²) in [5.41, 5.74) is 0. The molecule has 0 radical (unpaired) electrons. The summed E-state index contributed by atoms with van der Waals surface area (Å²) < 4.78 is 26.8. The Bertz CT molecular complexity index is 588. The van der Waals surface area contributed by atoms with E-state index in [0.29, 0.717) is 8.95 Å². The molecule has 0 saturated heterocycles. The molecule has 0 aliphatic heterocycles. The molecule has 1 N–H and O–H groups in total. The van der Waals surface area contributed by atoms with Crippen LogP contribution in [0.15, 0.2) is 32.0 Å². The molecule has 5 nitrogen and oxygen atoms in total. The Morgan fingerprint density at radius 1 is 1.42 bits per heavy atom. The summed E-state index contributed by atoms with van der Waals surface area (Å²) in [5.74, 6) is -1.80. The summed E-state index contributed by atoms with van der Waals surface area (Å²) in [6, 6.07) is 4.80. The Kier molecular flexibility index (Phi) is 5.54. The van der Waals surface area contributed by atoms with E-state index in [2.05, 4.69) is 31.9 Å². The molecular formula is C11H13Br2NO4S. The monoisotopic (exact) mass is 413 g/mol. The first-order chi connectivity index (χ1) is 8.66. The quantitative estimate of drug-likeness (QED) is 0.803. The van der Waals surface area contributed by atoms with Crippen molar-refractivity contribution in [2.24, 2.45) is 5.92 Å². The van der Waals surface area contributed by atoms with E-state index in [1.807, 2.05) is 0 Å². The van der Waals surface area contributed by atoms with Crippen LogP contribution in [0.2, 0.25) is 0 Å². The number of hydrogen-bond donors (Lipinski definition) is 1. The highest BCUT2D eigenvalue weighted by molar-refractivity contribution is 9.11. The predicted octanol–water partition coefficient (Wildman–Crippen LogP) is 2.55. The minimum absolute atomic E-state index is 0.0867. The predicted molar refractivity (Wildman–Crippen MR) is 78.5 cm³/mol. The van der Waals surface area contributed by atoms with Gasteiger partial charge in [-0.05, 0) is 34.1 Å². The highest BCUT2D eigenvalue weighted by atomic mass is 79.9. The van der Waals surface area contributed by atoms with Crippen molar-refractivity contribution in [3.8, 4) is 0 Å². The number of carbonyl (C=O) groups is 1. The maximum absolute atomic E-state index is 12.3. The second kappa shape index (κ2) is 6.34. The van der Waals surface area contributed by atoms with E-state index < -0.39 is 21.9 Å². The van der Waals surface area contributed by atoms with E-state index in [1.54, 1.807) is 12.1 Å². The maximum atomic E-state index is 12.3. The standard InChI is InChI=1S/C11H13Br2NO4S/c1-7(11(15)16)6-14(2)19(17,18)10-5-8(12)3-4-9(10)13/h3-5,7H,6H2,1-2H3,(H,15,16). The van der Waals surface area contributed by atoms with E-state index >= 15 is 0 Å². The highest BCUT2D eigenvalue weighted by Gasteiger charge is 2.26. The van der Waals surface area contributed by atoms with Crippen molar-refractivity contribution < 1.29 is 18.3 Å². The molecule has 0 aliphatic carbocycles. The first kappa shape index (κ1) is 16.6.